The quantitative estimate of drug-likeness (QED) is 0.749. The minimum atomic E-state index is -0.101. The van der Waals surface area contributed by atoms with Crippen molar-refractivity contribution in [3.63, 3.8) is 0 Å². The molecule has 0 aliphatic carbocycles. The average molecular weight is 357 g/mol. The molecule has 1 aromatic heterocycles. The van der Waals surface area contributed by atoms with Gasteiger partial charge in [0.1, 0.15) is 0 Å². The molecule has 2 rings (SSSR count). The molecule has 1 aromatic carbocycles. The highest BCUT2D eigenvalue weighted by atomic mass is 35.5. The third kappa shape index (κ3) is 5.53. The average Bonchev–Trinajstić information content (AvgIpc) is 2.89. The van der Waals surface area contributed by atoms with E-state index in [2.05, 4.69) is 22.7 Å². The van der Waals surface area contributed by atoms with E-state index in [1.165, 1.54) is 0 Å². The normalized spacial score (nSPS) is 10.2. The predicted molar refractivity (Wildman–Crippen MR) is 96.1 cm³/mol. The summed E-state index contributed by atoms with van der Waals surface area (Å²) < 4.78 is 1.69. The van der Waals surface area contributed by atoms with Crippen molar-refractivity contribution < 1.29 is 4.79 Å². The van der Waals surface area contributed by atoms with E-state index in [4.69, 9.17) is 11.6 Å². The number of aryl methyl sites for hydroxylation is 1. The molecule has 5 nitrogen and oxygen atoms in total. The van der Waals surface area contributed by atoms with Gasteiger partial charge in [0.25, 0.3) is 5.91 Å². The van der Waals surface area contributed by atoms with Gasteiger partial charge in [0.2, 0.25) is 0 Å². The predicted octanol–water partition coefficient (Wildman–Crippen LogP) is 2.99. The summed E-state index contributed by atoms with van der Waals surface area (Å²) in [5.74, 6) is -0.101. The van der Waals surface area contributed by atoms with Crippen molar-refractivity contribution in [2.24, 2.45) is 0 Å². The van der Waals surface area contributed by atoms with Crippen LogP contribution >= 0.6 is 24.0 Å². The van der Waals surface area contributed by atoms with Gasteiger partial charge in [0.05, 0.1) is 16.9 Å². The molecule has 0 atom stereocenters. The van der Waals surface area contributed by atoms with Gasteiger partial charge in [0.15, 0.2) is 0 Å². The number of nitrogens with one attached hydrogen (secondary N) is 2. The molecule has 0 aliphatic rings. The van der Waals surface area contributed by atoms with Crippen LogP contribution in [0.4, 0.5) is 0 Å². The number of hydrogen-bond donors (Lipinski definition) is 2. The summed E-state index contributed by atoms with van der Waals surface area (Å²) in [6.45, 7) is 6.27. The van der Waals surface area contributed by atoms with Gasteiger partial charge in [0, 0.05) is 24.3 Å². The third-order valence-corrected chi connectivity index (χ3v) is 3.50. The summed E-state index contributed by atoms with van der Waals surface area (Å²) in [4.78, 5) is 12.2. The Bertz CT molecular complexity index is 626. The monoisotopic (exact) mass is 356 g/mol. The van der Waals surface area contributed by atoms with Gasteiger partial charge in [-0.1, -0.05) is 18.5 Å². The highest BCUT2D eigenvalue weighted by Crippen LogP contribution is 2.15. The van der Waals surface area contributed by atoms with Gasteiger partial charge >= 0.3 is 0 Å². The molecular formula is C16H22Cl2N4O. The molecule has 2 aromatic rings. The summed E-state index contributed by atoms with van der Waals surface area (Å²) in [6.07, 6.45) is 2.83. The van der Waals surface area contributed by atoms with Gasteiger partial charge in [-0.25, -0.2) is 4.68 Å². The number of aromatic nitrogens is 2. The Morgan fingerprint density at radius 3 is 2.57 bits per heavy atom. The second kappa shape index (κ2) is 9.55. The first-order chi connectivity index (χ1) is 10.6. The molecule has 0 fully saturated rings. The van der Waals surface area contributed by atoms with E-state index in [1.54, 1.807) is 23.0 Å². The lowest BCUT2D eigenvalue weighted by Gasteiger charge is -2.05. The number of carbonyl (C=O) groups is 1. The zero-order chi connectivity index (χ0) is 15.9. The van der Waals surface area contributed by atoms with Crippen LogP contribution < -0.4 is 10.6 Å². The van der Waals surface area contributed by atoms with Crippen molar-refractivity contribution in [3.05, 3.63) is 46.7 Å². The summed E-state index contributed by atoms with van der Waals surface area (Å²) in [5.41, 5.74) is 2.16. The van der Waals surface area contributed by atoms with Crippen LogP contribution in [-0.4, -0.2) is 35.3 Å². The minimum absolute atomic E-state index is 0. The Hall–Kier alpha value is -1.56. The van der Waals surface area contributed by atoms with Crippen molar-refractivity contribution in [2.75, 3.05) is 19.6 Å². The van der Waals surface area contributed by atoms with Gasteiger partial charge < -0.3 is 10.6 Å². The van der Waals surface area contributed by atoms with Crippen molar-refractivity contribution in [1.82, 2.24) is 20.4 Å². The smallest absolute Gasteiger partial charge is 0.254 e. The summed E-state index contributed by atoms with van der Waals surface area (Å²) in [7, 11) is 0. The third-order valence-electron chi connectivity index (χ3n) is 3.25. The highest BCUT2D eigenvalue weighted by Gasteiger charge is 2.13. The molecule has 126 valence electrons. The maximum absolute atomic E-state index is 12.2. The molecule has 0 radical (unpaired) electrons. The van der Waals surface area contributed by atoms with E-state index in [0.717, 1.165) is 25.2 Å². The van der Waals surface area contributed by atoms with Crippen molar-refractivity contribution in [2.45, 2.75) is 20.3 Å². The summed E-state index contributed by atoms with van der Waals surface area (Å²) >= 11 is 5.88. The molecule has 0 spiro atoms. The highest BCUT2D eigenvalue weighted by molar-refractivity contribution is 6.30. The fraction of sp³-hybridized carbons (Fsp3) is 0.375. The maximum Gasteiger partial charge on any atom is 0.254 e. The minimum Gasteiger partial charge on any atom is -0.351 e. The van der Waals surface area contributed by atoms with Crippen LogP contribution in [0, 0.1) is 6.92 Å². The Labute approximate surface area is 147 Å². The number of nitrogens with zero attached hydrogens (tertiary/aromatic N) is 2. The van der Waals surface area contributed by atoms with Gasteiger partial charge in [-0.15, -0.1) is 12.4 Å². The molecule has 0 saturated heterocycles. The molecule has 7 heteroatoms. The van der Waals surface area contributed by atoms with E-state index in [1.807, 2.05) is 19.1 Å². The second-order valence-corrected chi connectivity index (χ2v) is 5.49. The van der Waals surface area contributed by atoms with Crippen molar-refractivity contribution in [3.8, 4) is 5.69 Å². The van der Waals surface area contributed by atoms with Crippen LogP contribution in [0.1, 0.15) is 29.4 Å². The SMILES string of the molecule is CCCNCCNC(=O)c1cn(-c2ccc(Cl)cc2)nc1C.Cl. The van der Waals surface area contributed by atoms with Crippen LogP contribution in [0.5, 0.6) is 0 Å². The summed E-state index contributed by atoms with van der Waals surface area (Å²) in [6, 6.07) is 7.33. The van der Waals surface area contributed by atoms with Gasteiger partial charge in [-0.3, -0.25) is 4.79 Å². The summed E-state index contributed by atoms with van der Waals surface area (Å²) in [5, 5.41) is 11.2. The van der Waals surface area contributed by atoms with Crippen LogP contribution in [0.25, 0.3) is 5.69 Å². The van der Waals surface area contributed by atoms with E-state index >= 15 is 0 Å². The van der Waals surface area contributed by atoms with Crippen molar-refractivity contribution >= 4 is 29.9 Å². The second-order valence-electron chi connectivity index (χ2n) is 5.06. The van der Waals surface area contributed by atoms with Crippen LogP contribution in [-0.2, 0) is 0 Å². The van der Waals surface area contributed by atoms with Gasteiger partial charge in [-0.05, 0) is 44.2 Å². The number of benzene rings is 1. The first-order valence-electron chi connectivity index (χ1n) is 7.43. The molecule has 2 N–H and O–H groups in total. The molecule has 1 heterocycles. The number of amides is 1. The number of halogens is 2. The lowest BCUT2D eigenvalue weighted by atomic mass is 10.2. The topological polar surface area (TPSA) is 58.9 Å². The lowest BCUT2D eigenvalue weighted by Crippen LogP contribution is -2.32. The largest absolute Gasteiger partial charge is 0.351 e. The molecule has 0 bridgehead atoms. The fourth-order valence-corrected chi connectivity index (χ4v) is 2.20. The number of rotatable bonds is 7. The Balaban J connectivity index is 0.00000264. The Kier molecular flexibility index (Phi) is 8.09. The molecule has 0 aliphatic heterocycles. The zero-order valence-electron chi connectivity index (χ0n) is 13.3. The fourth-order valence-electron chi connectivity index (χ4n) is 2.07. The first-order valence-corrected chi connectivity index (χ1v) is 7.80. The van der Waals surface area contributed by atoms with Crippen LogP contribution in [0.3, 0.4) is 0 Å². The van der Waals surface area contributed by atoms with Gasteiger partial charge in [-0.2, -0.15) is 5.10 Å². The van der Waals surface area contributed by atoms with E-state index in [-0.39, 0.29) is 18.3 Å². The first kappa shape index (κ1) is 19.5. The lowest BCUT2D eigenvalue weighted by molar-refractivity contribution is 0.0953. The molecule has 0 saturated carbocycles. The number of carbonyl (C=O) groups excluding carboxylic acids is 1. The standard InChI is InChI=1S/C16H21ClN4O.ClH/c1-3-8-18-9-10-19-16(22)15-11-21(20-12(15)2)14-6-4-13(17)5-7-14;/h4-7,11,18H,3,8-10H2,1-2H3,(H,19,22);1H. The molecular weight excluding hydrogens is 335 g/mol. The number of hydrogen-bond acceptors (Lipinski definition) is 3. The van der Waals surface area contributed by atoms with Crippen LogP contribution in [0.15, 0.2) is 30.5 Å². The Morgan fingerprint density at radius 2 is 1.91 bits per heavy atom. The van der Waals surface area contributed by atoms with Crippen molar-refractivity contribution in [1.29, 1.82) is 0 Å². The molecule has 1 amide bonds. The zero-order valence-corrected chi connectivity index (χ0v) is 14.9. The molecule has 23 heavy (non-hydrogen) atoms. The van der Waals surface area contributed by atoms with E-state index < -0.39 is 0 Å². The van der Waals surface area contributed by atoms with E-state index in [9.17, 15) is 4.79 Å². The maximum atomic E-state index is 12.2. The van der Waals surface area contributed by atoms with Crippen LogP contribution in [0.2, 0.25) is 5.02 Å². The Morgan fingerprint density at radius 1 is 1.22 bits per heavy atom. The van der Waals surface area contributed by atoms with E-state index in [0.29, 0.717) is 22.8 Å². The molecule has 0 unspecified atom stereocenters.